The highest BCUT2D eigenvalue weighted by molar-refractivity contribution is 7.85. The van der Waals surface area contributed by atoms with Gasteiger partial charge in [0, 0.05) is 35.7 Å². The molecule has 1 N–H and O–H groups in total. The molecule has 2 saturated heterocycles. The molecule has 0 aliphatic carbocycles. The molecule has 0 aromatic carbocycles. The molecule has 0 aromatic heterocycles. The zero-order chi connectivity index (χ0) is 7.68. The maximum absolute atomic E-state index is 11.1. The van der Waals surface area contributed by atoms with Gasteiger partial charge in [0.2, 0.25) is 0 Å². The molecule has 0 spiro atoms. The van der Waals surface area contributed by atoms with E-state index in [1.807, 2.05) is 0 Å². The average Bonchev–Trinajstić information content (AvgIpc) is 2.55. The van der Waals surface area contributed by atoms with E-state index in [2.05, 4.69) is 10.2 Å². The van der Waals surface area contributed by atoms with Gasteiger partial charge in [-0.1, -0.05) is 0 Å². The Hall–Kier alpha value is 0.0700. The van der Waals surface area contributed by atoms with E-state index in [1.165, 1.54) is 6.42 Å². The van der Waals surface area contributed by atoms with Crippen molar-refractivity contribution in [3.63, 3.8) is 0 Å². The second-order valence-electron chi connectivity index (χ2n) is 3.23. The van der Waals surface area contributed by atoms with Crippen molar-refractivity contribution in [2.75, 3.05) is 31.3 Å². The number of rotatable bonds is 1. The lowest BCUT2D eigenvalue weighted by molar-refractivity contribution is 0.271. The molecule has 2 aliphatic heterocycles. The summed E-state index contributed by atoms with van der Waals surface area (Å²) in [7, 11) is -0.551. The van der Waals surface area contributed by atoms with Crippen LogP contribution in [0, 0.1) is 0 Å². The van der Waals surface area contributed by atoms with Crippen LogP contribution in [0.4, 0.5) is 0 Å². The Morgan fingerprint density at radius 1 is 1.55 bits per heavy atom. The second kappa shape index (κ2) is 3.21. The molecule has 2 unspecified atom stereocenters. The van der Waals surface area contributed by atoms with Gasteiger partial charge in [-0.25, -0.2) is 0 Å². The second-order valence-corrected chi connectivity index (χ2v) is 4.78. The molecule has 11 heavy (non-hydrogen) atoms. The summed E-state index contributed by atoms with van der Waals surface area (Å²) in [5.41, 5.74) is 0. The van der Waals surface area contributed by atoms with Crippen LogP contribution in [-0.4, -0.2) is 46.4 Å². The van der Waals surface area contributed by atoms with E-state index >= 15 is 0 Å². The Labute approximate surface area is 69.6 Å². The molecule has 2 aliphatic rings. The first-order chi connectivity index (χ1) is 5.36. The smallest absolute Gasteiger partial charge is 0.0751 e. The first kappa shape index (κ1) is 7.71. The molecule has 0 saturated carbocycles. The van der Waals surface area contributed by atoms with Crippen LogP contribution < -0.4 is 5.32 Å². The predicted octanol–water partition coefficient (Wildman–Crippen LogP) is -0.630. The summed E-state index contributed by atoms with van der Waals surface area (Å²) in [6, 6.07) is 0.668. The van der Waals surface area contributed by atoms with Crippen molar-refractivity contribution in [1.82, 2.24) is 10.2 Å². The third kappa shape index (κ3) is 1.63. The quantitative estimate of drug-likeness (QED) is 0.574. The Morgan fingerprint density at radius 2 is 2.45 bits per heavy atom. The molecule has 2 rings (SSSR count). The van der Waals surface area contributed by atoms with E-state index in [9.17, 15) is 4.21 Å². The molecule has 2 heterocycles. The lowest BCUT2D eigenvalue weighted by Gasteiger charge is -2.20. The molecule has 0 bridgehead atoms. The average molecular weight is 174 g/mol. The van der Waals surface area contributed by atoms with E-state index in [4.69, 9.17) is 0 Å². The first-order valence-corrected chi connectivity index (χ1v) is 5.65. The summed E-state index contributed by atoms with van der Waals surface area (Å²) in [5.74, 6) is 1.70. The summed E-state index contributed by atoms with van der Waals surface area (Å²) in [5, 5.41) is 3.32. The zero-order valence-electron chi connectivity index (χ0n) is 6.58. The standard InChI is InChI=1S/C7H14N2OS/c10-11-4-3-9(6-11)7-1-2-8-5-7/h7-8H,1-6H2. The maximum atomic E-state index is 11.1. The van der Waals surface area contributed by atoms with Gasteiger partial charge in [0.05, 0.1) is 5.88 Å². The van der Waals surface area contributed by atoms with E-state index in [1.54, 1.807) is 0 Å². The minimum atomic E-state index is -0.551. The lowest BCUT2D eigenvalue weighted by atomic mass is 10.2. The normalized spacial score (nSPS) is 40.0. The van der Waals surface area contributed by atoms with Crippen molar-refractivity contribution in [3.8, 4) is 0 Å². The minimum absolute atomic E-state index is 0.551. The van der Waals surface area contributed by atoms with Gasteiger partial charge in [-0.05, 0) is 13.0 Å². The molecular weight excluding hydrogens is 160 g/mol. The molecule has 3 nitrogen and oxygen atoms in total. The van der Waals surface area contributed by atoms with Crippen molar-refractivity contribution >= 4 is 10.8 Å². The predicted molar refractivity (Wildman–Crippen MR) is 45.9 cm³/mol. The molecule has 2 atom stereocenters. The molecule has 0 amide bonds. The fraction of sp³-hybridized carbons (Fsp3) is 1.00. The van der Waals surface area contributed by atoms with Gasteiger partial charge >= 0.3 is 0 Å². The Kier molecular flexibility index (Phi) is 2.25. The summed E-state index contributed by atoms with van der Waals surface area (Å²) in [6.45, 7) is 3.27. The van der Waals surface area contributed by atoms with Crippen molar-refractivity contribution in [2.24, 2.45) is 0 Å². The van der Waals surface area contributed by atoms with Gasteiger partial charge < -0.3 is 5.32 Å². The fourth-order valence-corrected chi connectivity index (χ4v) is 3.05. The van der Waals surface area contributed by atoms with Crippen molar-refractivity contribution in [3.05, 3.63) is 0 Å². The molecule has 0 radical (unpaired) electrons. The van der Waals surface area contributed by atoms with E-state index < -0.39 is 10.8 Å². The molecular formula is C7H14N2OS. The Morgan fingerprint density at radius 3 is 3.00 bits per heavy atom. The summed E-state index contributed by atoms with van der Waals surface area (Å²) in [6.07, 6.45) is 1.23. The van der Waals surface area contributed by atoms with Crippen molar-refractivity contribution < 1.29 is 4.21 Å². The molecule has 4 heteroatoms. The van der Waals surface area contributed by atoms with Crippen LogP contribution in [0.5, 0.6) is 0 Å². The van der Waals surface area contributed by atoms with Gasteiger partial charge in [-0.2, -0.15) is 0 Å². The van der Waals surface area contributed by atoms with E-state index in [-0.39, 0.29) is 0 Å². The van der Waals surface area contributed by atoms with Crippen LogP contribution in [-0.2, 0) is 10.8 Å². The van der Waals surface area contributed by atoms with Crippen LogP contribution in [0.1, 0.15) is 6.42 Å². The molecule has 0 aromatic rings. The third-order valence-electron chi connectivity index (χ3n) is 2.47. The zero-order valence-corrected chi connectivity index (χ0v) is 7.40. The monoisotopic (exact) mass is 174 g/mol. The maximum Gasteiger partial charge on any atom is 0.0751 e. The Balaban J connectivity index is 1.90. The SMILES string of the molecule is O=S1CCN(C2CCNC2)C1. The van der Waals surface area contributed by atoms with E-state index in [0.29, 0.717) is 6.04 Å². The first-order valence-electron chi connectivity index (χ1n) is 4.16. The van der Waals surface area contributed by atoms with Gasteiger partial charge in [0.1, 0.15) is 0 Å². The van der Waals surface area contributed by atoms with Crippen LogP contribution in [0.3, 0.4) is 0 Å². The fourth-order valence-electron chi connectivity index (χ4n) is 1.77. The largest absolute Gasteiger partial charge is 0.315 e. The minimum Gasteiger partial charge on any atom is -0.315 e. The van der Waals surface area contributed by atoms with E-state index in [0.717, 1.165) is 31.3 Å². The number of nitrogens with zero attached hydrogens (tertiary/aromatic N) is 1. The van der Waals surface area contributed by atoms with Crippen molar-refractivity contribution in [1.29, 1.82) is 0 Å². The lowest BCUT2D eigenvalue weighted by Crippen LogP contribution is -2.34. The van der Waals surface area contributed by atoms with Gasteiger partial charge in [-0.15, -0.1) is 0 Å². The van der Waals surface area contributed by atoms with Crippen molar-refractivity contribution in [2.45, 2.75) is 12.5 Å². The number of nitrogens with one attached hydrogen (secondary N) is 1. The Bertz CT molecular complexity index is 168. The van der Waals surface area contributed by atoms with Gasteiger partial charge in [0.25, 0.3) is 0 Å². The van der Waals surface area contributed by atoms with Crippen LogP contribution in [0.25, 0.3) is 0 Å². The van der Waals surface area contributed by atoms with Crippen LogP contribution >= 0.6 is 0 Å². The summed E-state index contributed by atoms with van der Waals surface area (Å²) >= 11 is 0. The highest BCUT2D eigenvalue weighted by Crippen LogP contribution is 2.13. The number of hydrogen-bond donors (Lipinski definition) is 1. The topological polar surface area (TPSA) is 32.3 Å². The highest BCUT2D eigenvalue weighted by atomic mass is 32.2. The molecule has 64 valence electrons. The highest BCUT2D eigenvalue weighted by Gasteiger charge is 2.27. The van der Waals surface area contributed by atoms with Crippen LogP contribution in [0.2, 0.25) is 0 Å². The molecule has 2 fully saturated rings. The number of hydrogen-bond acceptors (Lipinski definition) is 3. The summed E-state index contributed by atoms with van der Waals surface area (Å²) in [4.78, 5) is 2.36. The third-order valence-corrected chi connectivity index (χ3v) is 3.72. The summed E-state index contributed by atoms with van der Waals surface area (Å²) < 4.78 is 11.1. The van der Waals surface area contributed by atoms with Crippen LogP contribution in [0.15, 0.2) is 0 Å². The van der Waals surface area contributed by atoms with Gasteiger partial charge in [0.15, 0.2) is 0 Å². The van der Waals surface area contributed by atoms with Gasteiger partial charge in [-0.3, -0.25) is 9.11 Å².